The number of hydrogen-bond acceptors (Lipinski definition) is 3. The molecule has 19 heavy (non-hydrogen) atoms. The fourth-order valence-electron chi connectivity index (χ4n) is 3.32. The van der Waals surface area contributed by atoms with Crippen molar-refractivity contribution in [3.05, 3.63) is 0 Å². The molecule has 0 bridgehead atoms. The first-order chi connectivity index (χ1) is 9.22. The van der Waals surface area contributed by atoms with E-state index in [1.807, 2.05) is 0 Å². The molecule has 1 saturated heterocycles. The summed E-state index contributed by atoms with van der Waals surface area (Å²) < 4.78 is 0. The quantitative estimate of drug-likeness (QED) is 0.787. The first-order valence-corrected chi connectivity index (χ1v) is 7.95. The van der Waals surface area contributed by atoms with Gasteiger partial charge in [-0.05, 0) is 19.8 Å². The van der Waals surface area contributed by atoms with Crippen molar-refractivity contribution in [2.45, 2.75) is 51.5 Å². The molecule has 1 saturated carbocycles. The van der Waals surface area contributed by atoms with Gasteiger partial charge in [0.2, 0.25) is 5.91 Å². The van der Waals surface area contributed by atoms with E-state index in [0.717, 1.165) is 39.0 Å². The van der Waals surface area contributed by atoms with Crippen molar-refractivity contribution >= 4 is 5.91 Å². The molecule has 0 aromatic heterocycles. The van der Waals surface area contributed by atoms with E-state index in [1.54, 1.807) is 0 Å². The Morgan fingerprint density at radius 3 is 2.21 bits per heavy atom. The highest BCUT2D eigenvalue weighted by Crippen LogP contribution is 2.25. The second-order valence-corrected chi connectivity index (χ2v) is 6.13. The zero-order valence-electron chi connectivity index (χ0n) is 12.3. The van der Waals surface area contributed by atoms with Crippen LogP contribution in [0.2, 0.25) is 0 Å². The monoisotopic (exact) mass is 267 g/mol. The van der Waals surface area contributed by atoms with Crippen LogP contribution in [0.3, 0.4) is 0 Å². The Kier molecular flexibility index (Phi) is 5.64. The SMILES string of the molecule is CC(CN)N1CCN(C(=O)C2CCCCCC2)CC1. The molecule has 1 aliphatic carbocycles. The van der Waals surface area contributed by atoms with Crippen molar-refractivity contribution < 1.29 is 4.79 Å². The fourth-order valence-corrected chi connectivity index (χ4v) is 3.32. The lowest BCUT2D eigenvalue weighted by atomic mass is 9.98. The zero-order chi connectivity index (χ0) is 13.7. The highest BCUT2D eigenvalue weighted by Gasteiger charge is 2.28. The third-order valence-electron chi connectivity index (χ3n) is 4.79. The third kappa shape index (κ3) is 3.93. The maximum atomic E-state index is 12.5. The standard InChI is InChI=1S/C15H29N3O/c1-13(12-16)17-8-10-18(11-9-17)15(19)14-6-4-2-3-5-7-14/h13-14H,2-12,16H2,1H3. The molecular weight excluding hydrogens is 238 g/mol. The highest BCUT2D eigenvalue weighted by molar-refractivity contribution is 5.79. The average Bonchev–Trinajstić information content (AvgIpc) is 2.75. The minimum Gasteiger partial charge on any atom is -0.340 e. The number of carbonyl (C=O) groups excluding carboxylic acids is 1. The van der Waals surface area contributed by atoms with Gasteiger partial charge in [0, 0.05) is 44.7 Å². The molecular formula is C15H29N3O. The minimum absolute atomic E-state index is 0.306. The Morgan fingerprint density at radius 2 is 1.68 bits per heavy atom. The van der Waals surface area contributed by atoms with Gasteiger partial charge < -0.3 is 10.6 Å². The van der Waals surface area contributed by atoms with Gasteiger partial charge in [0.1, 0.15) is 0 Å². The van der Waals surface area contributed by atoms with Crippen LogP contribution in [0, 0.1) is 5.92 Å². The van der Waals surface area contributed by atoms with Gasteiger partial charge in [-0.25, -0.2) is 0 Å². The molecule has 4 nitrogen and oxygen atoms in total. The smallest absolute Gasteiger partial charge is 0.225 e. The van der Waals surface area contributed by atoms with Gasteiger partial charge in [0.05, 0.1) is 0 Å². The van der Waals surface area contributed by atoms with Crippen molar-refractivity contribution in [1.82, 2.24) is 9.80 Å². The Balaban J connectivity index is 1.81. The largest absolute Gasteiger partial charge is 0.340 e. The predicted octanol–water partition coefficient (Wildman–Crippen LogP) is 1.45. The number of nitrogens with zero attached hydrogens (tertiary/aromatic N) is 2. The average molecular weight is 267 g/mol. The third-order valence-corrected chi connectivity index (χ3v) is 4.79. The lowest BCUT2D eigenvalue weighted by Crippen LogP contribution is -2.53. The lowest BCUT2D eigenvalue weighted by Gasteiger charge is -2.38. The van der Waals surface area contributed by atoms with Gasteiger partial charge in [0.25, 0.3) is 0 Å². The number of amides is 1. The lowest BCUT2D eigenvalue weighted by molar-refractivity contribution is -0.138. The summed E-state index contributed by atoms with van der Waals surface area (Å²) in [6.07, 6.45) is 7.31. The van der Waals surface area contributed by atoms with Crippen LogP contribution in [0.25, 0.3) is 0 Å². The topological polar surface area (TPSA) is 49.6 Å². The van der Waals surface area contributed by atoms with E-state index < -0.39 is 0 Å². The van der Waals surface area contributed by atoms with Crippen LogP contribution in [0.1, 0.15) is 45.4 Å². The molecule has 2 rings (SSSR count). The summed E-state index contributed by atoms with van der Waals surface area (Å²) >= 11 is 0. The molecule has 2 aliphatic rings. The van der Waals surface area contributed by atoms with E-state index in [2.05, 4.69) is 16.7 Å². The Morgan fingerprint density at radius 1 is 1.11 bits per heavy atom. The molecule has 4 heteroatoms. The highest BCUT2D eigenvalue weighted by atomic mass is 16.2. The Bertz CT molecular complexity index is 279. The van der Waals surface area contributed by atoms with Gasteiger partial charge in [-0.3, -0.25) is 9.69 Å². The summed E-state index contributed by atoms with van der Waals surface area (Å²) in [7, 11) is 0. The minimum atomic E-state index is 0.306. The van der Waals surface area contributed by atoms with Gasteiger partial charge in [-0.1, -0.05) is 25.7 Å². The second kappa shape index (κ2) is 7.25. The number of rotatable bonds is 3. The molecule has 0 radical (unpaired) electrons. The summed E-state index contributed by atoms with van der Waals surface area (Å²) in [5, 5.41) is 0. The molecule has 2 N–H and O–H groups in total. The normalized spacial score (nSPS) is 25.1. The van der Waals surface area contributed by atoms with Crippen LogP contribution in [0.5, 0.6) is 0 Å². The Hall–Kier alpha value is -0.610. The van der Waals surface area contributed by atoms with E-state index in [1.165, 1.54) is 25.7 Å². The summed E-state index contributed by atoms with van der Waals surface area (Å²) in [5.74, 6) is 0.725. The van der Waals surface area contributed by atoms with Crippen LogP contribution >= 0.6 is 0 Å². The van der Waals surface area contributed by atoms with E-state index in [9.17, 15) is 4.79 Å². The maximum Gasteiger partial charge on any atom is 0.225 e. The molecule has 0 spiro atoms. The molecule has 110 valence electrons. The fraction of sp³-hybridized carbons (Fsp3) is 0.933. The first kappa shape index (κ1) is 14.8. The first-order valence-electron chi connectivity index (χ1n) is 7.95. The molecule has 0 aromatic carbocycles. The summed E-state index contributed by atoms with van der Waals surface area (Å²) in [6.45, 7) is 6.62. The molecule has 1 amide bonds. The molecule has 0 aromatic rings. The Labute approximate surface area is 117 Å². The van der Waals surface area contributed by atoms with Crippen LogP contribution in [0.15, 0.2) is 0 Å². The van der Waals surface area contributed by atoms with Gasteiger partial charge in [-0.2, -0.15) is 0 Å². The van der Waals surface area contributed by atoms with E-state index >= 15 is 0 Å². The van der Waals surface area contributed by atoms with Crippen LogP contribution in [-0.4, -0.2) is 54.5 Å². The van der Waals surface area contributed by atoms with Gasteiger partial charge in [0.15, 0.2) is 0 Å². The van der Waals surface area contributed by atoms with Crippen molar-refractivity contribution in [3.63, 3.8) is 0 Å². The van der Waals surface area contributed by atoms with Crippen LogP contribution < -0.4 is 5.73 Å². The second-order valence-electron chi connectivity index (χ2n) is 6.13. The number of hydrogen-bond donors (Lipinski definition) is 1. The van der Waals surface area contributed by atoms with Crippen molar-refractivity contribution in [1.29, 1.82) is 0 Å². The number of carbonyl (C=O) groups is 1. The summed E-state index contributed by atoms with van der Waals surface area (Å²) in [5.41, 5.74) is 5.71. The van der Waals surface area contributed by atoms with E-state index in [4.69, 9.17) is 5.73 Å². The van der Waals surface area contributed by atoms with E-state index in [-0.39, 0.29) is 0 Å². The van der Waals surface area contributed by atoms with Crippen molar-refractivity contribution in [2.24, 2.45) is 11.7 Å². The van der Waals surface area contributed by atoms with Crippen molar-refractivity contribution in [2.75, 3.05) is 32.7 Å². The van der Waals surface area contributed by atoms with Gasteiger partial charge >= 0.3 is 0 Å². The van der Waals surface area contributed by atoms with Gasteiger partial charge in [-0.15, -0.1) is 0 Å². The summed E-state index contributed by atoms with van der Waals surface area (Å²) in [4.78, 5) is 17.0. The van der Waals surface area contributed by atoms with E-state index in [0.29, 0.717) is 24.4 Å². The molecule has 1 atom stereocenters. The van der Waals surface area contributed by atoms with Crippen molar-refractivity contribution in [3.8, 4) is 0 Å². The zero-order valence-corrected chi connectivity index (χ0v) is 12.3. The molecule has 2 fully saturated rings. The maximum absolute atomic E-state index is 12.5. The van der Waals surface area contributed by atoms with Crippen LogP contribution in [-0.2, 0) is 4.79 Å². The predicted molar refractivity (Wildman–Crippen MR) is 77.9 cm³/mol. The summed E-state index contributed by atoms with van der Waals surface area (Å²) in [6, 6.07) is 0.440. The number of piperazine rings is 1. The molecule has 1 aliphatic heterocycles. The van der Waals surface area contributed by atoms with Crippen LogP contribution in [0.4, 0.5) is 0 Å². The molecule has 1 unspecified atom stereocenters. The number of nitrogens with two attached hydrogens (primary N) is 1. The molecule has 1 heterocycles.